The van der Waals surface area contributed by atoms with E-state index in [1.807, 2.05) is 11.4 Å². The smallest absolute Gasteiger partial charge is 0.252 e. The van der Waals surface area contributed by atoms with E-state index in [0.717, 1.165) is 44.7 Å². The Hall–Kier alpha value is -0.950. The third kappa shape index (κ3) is 5.74. The number of nitrogens with one attached hydrogen (secondary N) is 1. The van der Waals surface area contributed by atoms with Crippen molar-refractivity contribution >= 4 is 17.2 Å². The van der Waals surface area contributed by atoms with E-state index in [9.17, 15) is 4.79 Å². The maximum Gasteiger partial charge on any atom is 0.252 e. The van der Waals surface area contributed by atoms with Crippen LogP contribution in [-0.4, -0.2) is 57.0 Å². The molecule has 1 saturated heterocycles. The molecule has 0 unspecified atom stereocenters. The standard InChI is InChI=1S/C15H24N2O3S.H2/c1-2-14-10-13(11-21-14)15(18)16-4-3-7-20-12-17-5-8-19-9-6-17;/h10-11H,2-9,12H2,1H3,(H,16,18);1H. The van der Waals surface area contributed by atoms with Gasteiger partial charge in [-0.3, -0.25) is 9.69 Å². The monoisotopic (exact) mass is 314 g/mol. The number of nitrogens with zero attached hydrogens (tertiary/aromatic N) is 1. The molecule has 0 saturated carbocycles. The van der Waals surface area contributed by atoms with Crippen molar-refractivity contribution in [3.8, 4) is 0 Å². The van der Waals surface area contributed by atoms with Crippen molar-refractivity contribution in [1.29, 1.82) is 0 Å². The molecular weight excluding hydrogens is 288 g/mol. The first-order valence-corrected chi connectivity index (χ1v) is 8.41. The van der Waals surface area contributed by atoms with Crippen LogP contribution in [-0.2, 0) is 15.9 Å². The van der Waals surface area contributed by atoms with Crippen LogP contribution in [0, 0.1) is 0 Å². The van der Waals surface area contributed by atoms with Crippen LogP contribution in [0.2, 0.25) is 0 Å². The maximum atomic E-state index is 11.9. The average Bonchev–Trinajstić information content (AvgIpc) is 3.00. The van der Waals surface area contributed by atoms with Gasteiger partial charge < -0.3 is 14.8 Å². The van der Waals surface area contributed by atoms with Crippen molar-refractivity contribution in [2.75, 3.05) is 46.2 Å². The fourth-order valence-electron chi connectivity index (χ4n) is 2.09. The van der Waals surface area contributed by atoms with Gasteiger partial charge >= 0.3 is 0 Å². The highest BCUT2D eigenvalue weighted by Gasteiger charge is 2.10. The van der Waals surface area contributed by atoms with Crippen molar-refractivity contribution in [2.24, 2.45) is 0 Å². The van der Waals surface area contributed by atoms with E-state index < -0.39 is 0 Å². The number of morpholine rings is 1. The Kier molecular flexibility index (Phi) is 7.15. The second-order valence-corrected chi connectivity index (χ2v) is 6.03. The minimum atomic E-state index is 0. The third-order valence-electron chi connectivity index (χ3n) is 3.39. The van der Waals surface area contributed by atoms with Gasteiger partial charge in [0.25, 0.3) is 5.91 Å². The van der Waals surface area contributed by atoms with Crippen molar-refractivity contribution < 1.29 is 15.7 Å². The van der Waals surface area contributed by atoms with Gasteiger partial charge in [0.05, 0.1) is 32.1 Å². The van der Waals surface area contributed by atoms with Crippen LogP contribution < -0.4 is 5.32 Å². The summed E-state index contributed by atoms with van der Waals surface area (Å²) in [5.41, 5.74) is 0.770. The minimum Gasteiger partial charge on any atom is -0.379 e. The van der Waals surface area contributed by atoms with Crippen LogP contribution in [0.15, 0.2) is 11.4 Å². The van der Waals surface area contributed by atoms with E-state index in [4.69, 9.17) is 9.47 Å². The quantitative estimate of drug-likeness (QED) is 0.746. The van der Waals surface area contributed by atoms with Gasteiger partial charge in [0, 0.05) is 31.3 Å². The number of hydrogen-bond donors (Lipinski definition) is 1. The Labute approximate surface area is 131 Å². The van der Waals surface area contributed by atoms with Gasteiger partial charge in [-0.25, -0.2) is 0 Å². The van der Waals surface area contributed by atoms with Crippen LogP contribution >= 0.6 is 11.3 Å². The summed E-state index contributed by atoms with van der Waals surface area (Å²) in [6.07, 6.45) is 1.81. The molecule has 0 radical (unpaired) electrons. The Balaban J connectivity index is 0.00000242. The molecule has 1 aliphatic rings. The Morgan fingerprint density at radius 1 is 1.52 bits per heavy atom. The van der Waals surface area contributed by atoms with E-state index in [-0.39, 0.29) is 7.33 Å². The molecule has 1 amide bonds. The van der Waals surface area contributed by atoms with E-state index in [1.54, 1.807) is 11.3 Å². The predicted molar refractivity (Wildman–Crippen MR) is 86.0 cm³/mol. The summed E-state index contributed by atoms with van der Waals surface area (Å²) in [5, 5.41) is 4.85. The molecule has 5 nitrogen and oxygen atoms in total. The van der Waals surface area contributed by atoms with E-state index in [1.165, 1.54) is 4.88 Å². The largest absolute Gasteiger partial charge is 0.379 e. The second-order valence-electron chi connectivity index (χ2n) is 5.03. The van der Waals surface area contributed by atoms with E-state index in [2.05, 4.69) is 17.1 Å². The summed E-state index contributed by atoms with van der Waals surface area (Å²) in [6.45, 7) is 7.53. The fraction of sp³-hybridized carbons (Fsp3) is 0.667. The molecule has 2 rings (SSSR count). The molecule has 0 spiro atoms. The van der Waals surface area contributed by atoms with E-state index in [0.29, 0.717) is 19.9 Å². The highest BCUT2D eigenvalue weighted by atomic mass is 32.1. The summed E-state index contributed by atoms with van der Waals surface area (Å²) in [6, 6.07) is 1.97. The summed E-state index contributed by atoms with van der Waals surface area (Å²) >= 11 is 1.64. The summed E-state index contributed by atoms with van der Waals surface area (Å²) < 4.78 is 10.9. The van der Waals surface area contributed by atoms with Crippen LogP contribution in [0.25, 0.3) is 0 Å². The lowest BCUT2D eigenvalue weighted by molar-refractivity contribution is -0.0329. The molecule has 1 aliphatic heterocycles. The lowest BCUT2D eigenvalue weighted by Gasteiger charge is -2.26. The number of carbonyl (C=O) groups is 1. The zero-order valence-electron chi connectivity index (χ0n) is 12.6. The topological polar surface area (TPSA) is 50.8 Å². The first-order chi connectivity index (χ1) is 10.3. The van der Waals surface area contributed by atoms with Crippen LogP contribution in [0.1, 0.15) is 30.0 Å². The molecule has 0 aromatic carbocycles. The molecule has 0 atom stereocenters. The number of thiophene rings is 1. The molecule has 0 bridgehead atoms. The van der Waals surface area contributed by atoms with Crippen LogP contribution in [0.3, 0.4) is 0 Å². The van der Waals surface area contributed by atoms with Crippen LogP contribution in [0.4, 0.5) is 0 Å². The van der Waals surface area contributed by atoms with Gasteiger partial charge in [-0.1, -0.05) is 6.92 Å². The number of ether oxygens (including phenoxy) is 2. The minimum absolute atomic E-state index is 0. The summed E-state index contributed by atoms with van der Waals surface area (Å²) in [7, 11) is 0. The second kappa shape index (κ2) is 9.15. The third-order valence-corrected chi connectivity index (χ3v) is 4.47. The van der Waals surface area contributed by atoms with Gasteiger partial charge in [-0.05, 0) is 18.9 Å². The van der Waals surface area contributed by atoms with Gasteiger partial charge in [-0.2, -0.15) is 0 Å². The highest BCUT2D eigenvalue weighted by molar-refractivity contribution is 7.10. The number of carbonyl (C=O) groups excluding carboxylic acids is 1. The molecule has 1 N–H and O–H groups in total. The first-order valence-electron chi connectivity index (χ1n) is 7.53. The Morgan fingerprint density at radius 3 is 3.05 bits per heavy atom. The predicted octanol–water partition coefficient (Wildman–Crippen LogP) is 1.98. The number of amides is 1. The van der Waals surface area contributed by atoms with Crippen LogP contribution in [0.5, 0.6) is 0 Å². The van der Waals surface area contributed by atoms with Gasteiger partial charge in [-0.15, -0.1) is 11.3 Å². The summed E-state index contributed by atoms with van der Waals surface area (Å²) in [4.78, 5) is 15.4. The normalized spacial score (nSPS) is 16.0. The fourth-order valence-corrected chi connectivity index (χ4v) is 2.90. The molecule has 1 fully saturated rings. The molecule has 1 aromatic heterocycles. The molecular formula is C15H26N2O3S. The van der Waals surface area contributed by atoms with Gasteiger partial charge in [0.1, 0.15) is 0 Å². The molecule has 21 heavy (non-hydrogen) atoms. The Morgan fingerprint density at radius 2 is 2.33 bits per heavy atom. The van der Waals surface area contributed by atoms with Gasteiger partial charge in [0.2, 0.25) is 0 Å². The number of rotatable bonds is 8. The average molecular weight is 314 g/mol. The molecule has 120 valence electrons. The van der Waals surface area contributed by atoms with Gasteiger partial charge in [0.15, 0.2) is 0 Å². The SMILES string of the molecule is CCc1cc(C(=O)NCCCOCN2CCOCC2)cs1.[HH]. The lowest BCUT2D eigenvalue weighted by Crippen LogP contribution is -2.38. The van der Waals surface area contributed by atoms with Crippen molar-refractivity contribution in [2.45, 2.75) is 19.8 Å². The van der Waals surface area contributed by atoms with Crippen molar-refractivity contribution in [1.82, 2.24) is 10.2 Å². The molecule has 0 aliphatic carbocycles. The van der Waals surface area contributed by atoms with E-state index >= 15 is 0 Å². The number of hydrogen-bond acceptors (Lipinski definition) is 5. The first kappa shape index (κ1) is 16.4. The summed E-state index contributed by atoms with van der Waals surface area (Å²) in [5.74, 6) is 0.0131. The number of aryl methyl sites for hydroxylation is 1. The molecule has 2 heterocycles. The molecule has 6 heteroatoms. The Bertz CT molecular complexity index is 436. The molecule has 1 aromatic rings. The maximum absolute atomic E-state index is 11.9. The zero-order chi connectivity index (χ0) is 14.9. The lowest BCUT2D eigenvalue weighted by atomic mass is 10.2. The highest BCUT2D eigenvalue weighted by Crippen LogP contribution is 2.14. The van der Waals surface area contributed by atoms with Crippen molar-refractivity contribution in [3.63, 3.8) is 0 Å². The van der Waals surface area contributed by atoms with Crippen molar-refractivity contribution in [3.05, 3.63) is 21.9 Å². The zero-order valence-corrected chi connectivity index (χ0v) is 13.4.